The van der Waals surface area contributed by atoms with Crippen LogP contribution in [0.2, 0.25) is 5.02 Å². The molecule has 1 N–H and O–H groups in total. The molecule has 1 aliphatic rings. The third-order valence-corrected chi connectivity index (χ3v) is 3.94. The van der Waals surface area contributed by atoms with Gasteiger partial charge in [-0.2, -0.15) is 0 Å². The van der Waals surface area contributed by atoms with Crippen LogP contribution in [-0.4, -0.2) is 20.8 Å². The number of halogens is 1. The Hall–Kier alpha value is -0.930. The van der Waals surface area contributed by atoms with E-state index in [1.807, 2.05) is 13.0 Å². The molecule has 0 amide bonds. The van der Waals surface area contributed by atoms with Gasteiger partial charge in [0.1, 0.15) is 0 Å². The molecule has 1 aromatic carbocycles. The third kappa shape index (κ3) is 2.43. The summed E-state index contributed by atoms with van der Waals surface area (Å²) in [6, 6.07) is 2.31. The van der Waals surface area contributed by atoms with Gasteiger partial charge in [0.15, 0.2) is 11.5 Å². The predicted octanol–water partition coefficient (Wildman–Crippen LogP) is 3.48. The van der Waals surface area contributed by atoms with Crippen molar-refractivity contribution in [2.45, 2.75) is 32.2 Å². The first-order valence-corrected chi connectivity index (χ1v) is 6.71. The number of piperidine rings is 1. The zero-order valence-electron chi connectivity index (χ0n) is 11.2. The summed E-state index contributed by atoms with van der Waals surface area (Å²) in [7, 11) is 3.33. The van der Waals surface area contributed by atoms with Crippen LogP contribution in [-0.2, 0) is 0 Å². The molecule has 1 fully saturated rings. The molecule has 0 radical (unpaired) electrons. The van der Waals surface area contributed by atoms with Gasteiger partial charge in [-0.15, -0.1) is 0 Å². The lowest BCUT2D eigenvalue weighted by molar-refractivity contribution is 0.336. The van der Waals surface area contributed by atoms with Crippen molar-refractivity contribution in [1.29, 1.82) is 0 Å². The van der Waals surface area contributed by atoms with Crippen LogP contribution in [0.25, 0.3) is 0 Å². The topological polar surface area (TPSA) is 30.5 Å². The lowest BCUT2D eigenvalue weighted by Gasteiger charge is -2.27. The first kappa shape index (κ1) is 13.5. The van der Waals surface area contributed by atoms with Crippen LogP contribution in [0.3, 0.4) is 0 Å². The zero-order valence-corrected chi connectivity index (χ0v) is 11.9. The molecule has 1 heterocycles. The minimum absolute atomic E-state index is 0.306. The molecule has 100 valence electrons. The molecule has 3 nitrogen and oxygen atoms in total. The maximum Gasteiger partial charge on any atom is 0.165 e. The fraction of sp³-hybridized carbons (Fsp3) is 0.571. The lowest BCUT2D eigenvalue weighted by atomic mass is 9.95. The van der Waals surface area contributed by atoms with E-state index in [9.17, 15) is 0 Å². The second-order valence-electron chi connectivity index (χ2n) is 4.64. The summed E-state index contributed by atoms with van der Waals surface area (Å²) in [5.74, 6) is 1.55. The molecule has 2 rings (SSSR count). The van der Waals surface area contributed by atoms with E-state index >= 15 is 0 Å². The highest BCUT2D eigenvalue weighted by atomic mass is 35.5. The van der Waals surface area contributed by atoms with E-state index in [0.717, 1.165) is 40.6 Å². The SMILES string of the molecule is COc1c(C2CCCCN2)cc(Cl)c(C)c1OC. The highest BCUT2D eigenvalue weighted by Crippen LogP contribution is 2.42. The molecule has 1 saturated heterocycles. The molecular formula is C14H20ClNO2. The van der Waals surface area contributed by atoms with Crippen molar-refractivity contribution in [3.8, 4) is 11.5 Å². The molecular weight excluding hydrogens is 250 g/mol. The molecule has 1 aliphatic heterocycles. The van der Waals surface area contributed by atoms with Crippen molar-refractivity contribution in [1.82, 2.24) is 5.32 Å². The fourth-order valence-corrected chi connectivity index (χ4v) is 2.76. The minimum Gasteiger partial charge on any atom is -0.493 e. The number of hydrogen-bond acceptors (Lipinski definition) is 3. The third-order valence-electron chi connectivity index (χ3n) is 3.54. The summed E-state index contributed by atoms with van der Waals surface area (Å²) in [5.41, 5.74) is 2.03. The largest absolute Gasteiger partial charge is 0.493 e. The summed E-state index contributed by atoms with van der Waals surface area (Å²) in [5, 5.41) is 4.25. The van der Waals surface area contributed by atoms with Gasteiger partial charge in [0.05, 0.1) is 14.2 Å². The van der Waals surface area contributed by atoms with E-state index in [0.29, 0.717) is 6.04 Å². The summed E-state index contributed by atoms with van der Waals surface area (Å²) in [6.07, 6.45) is 3.57. The van der Waals surface area contributed by atoms with Crippen LogP contribution >= 0.6 is 11.6 Å². The predicted molar refractivity (Wildman–Crippen MR) is 73.9 cm³/mol. The Morgan fingerprint density at radius 2 is 1.94 bits per heavy atom. The first-order valence-electron chi connectivity index (χ1n) is 6.33. The van der Waals surface area contributed by atoms with E-state index in [-0.39, 0.29) is 0 Å². The Kier molecular flexibility index (Phi) is 4.36. The van der Waals surface area contributed by atoms with Gasteiger partial charge >= 0.3 is 0 Å². The second-order valence-corrected chi connectivity index (χ2v) is 5.05. The highest BCUT2D eigenvalue weighted by Gasteiger charge is 2.23. The van der Waals surface area contributed by atoms with Crippen molar-refractivity contribution in [2.24, 2.45) is 0 Å². The smallest absolute Gasteiger partial charge is 0.165 e. The summed E-state index contributed by atoms with van der Waals surface area (Å²) in [6.45, 7) is 2.99. The van der Waals surface area contributed by atoms with Crippen LogP contribution in [0.4, 0.5) is 0 Å². The molecule has 4 heteroatoms. The van der Waals surface area contributed by atoms with E-state index in [2.05, 4.69) is 5.32 Å². The standard InChI is InChI=1S/C14H20ClNO2/c1-9-11(15)8-10(12-6-4-5-7-16-12)14(18-3)13(9)17-2/h8,12,16H,4-7H2,1-3H3. The number of benzene rings is 1. The number of nitrogens with one attached hydrogen (secondary N) is 1. The first-order chi connectivity index (χ1) is 8.69. The van der Waals surface area contributed by atoms with Gasteiger partial charge in [-0.25, -0.2) is 0 Å². The maximum atomic E-state index is 6.28. The summed E-state index contributed by atoms with van der Waals surface area (Å²) >= 11 is 6.28. The Balaban J connectivity index is 2.47. The Labute approximate surface area is 113 Å². The molecule has 0 aliphatic carbocycles. The van der Waals surface area contributed by atoms with Crippen LogP contribution in [0, 0.1) is 6.92 Å². The molecule has 1 unspecified atom stereocenters. The second kappa shape index (κ2) is 5.81. The average Bonchev–Trinajstić information content (AvgIpc) is 2.42. The van der Waals surface area contributed by atoms with Gasteiger partial charge in [0.25, 0.3) is 0 Å². The van der Waals surface area contributed by atoms with Gasteiger partial charge in [-0.1, -0.05) is 18.0 Å². The van der Waals surface area contributed by atoms with Crippen LogP contribution < -0.4 is 14.8 Å². The Morgan fingerprint density at radius 3 is 2.50 bits per heavy atom. The quantitative estimate of drug-likeness (QED) is 0.911. The van der Waals surface area contributed by atoms with Crippen LogP contribution in [0.1, 0.15) is 36.4 Å². The van der Waals surface area contributed by atoms with Crippen molar-refractivity contribution < 1.29 is 9.47 Å². The van der Waals surface area contributed by atoms with Gasteiger partial charge in [-0.05, 0) is 32.4 Å². The molecule has 0 saturated carbocycles. The van der Waals surface area contributed by atoms with Crippen molar-refractivity contribution in [2.75, 3.05) is 20.8 Å². The van der Waals surface area contributed by atoms with E-state index in [1.165, 1.54) is 12.8 Å². The number of methoxy groups -OCH3 is 2. The van der Waals surface area contributed by atoms with E-state index in [1.54, 1.807) is 14.2 Å². The average molecular weight is 270 g/mol. The molecule has 18 heavy (non-hydrogen) atoms. The van der Waals surface area contributed by atoms with E-state index < -0.39 is 0 Å². The van der Waals surface area contributed by atoms with Gasteiger partial charge in [-0.3, -0.25) is 0 Å². The van der Waals surface area contributed by atoms with E-state index in [4.69, 9.17) is 21.1 Å². The number of rotatable bonds is 3. The lowest BCUT2D eigenvalue weighted by Crippen LogP contribution is -2.27. The molecule has 0 bridgehead atoms. The van der Waals surface area contributed by atoms with Crippen LogP contribution in [0.15, 0.2) is 6.07 Å². The van der Waals surface area contributed by atoms with Gasteiger partial charge in [0.2, 0.25) is 0 Å². The van der Waals surface area contributed by atoms with Crippen molar-refractivity contribution >= 4 is 11.6 Å². The van der Waals surface area contributed by atoms with Crippen molar-refractivity contribution in [3.63, 3.8) is 0 Å². The molecule has 1 aromatic rings. The molecule has 0 spiro atoms. The van der Waals surface area contributed by atoms with Gasteiger partial charge in [0, 0.05) is 22.2 Å². The van der Waals surface area contributed by atoms with Gasteiger partial charge < -0.3 is 14.8 Å². The maximum absolute atomic E-state index is 6.28. The number of hydrogen-bond donors (Lipinski definition) is 1. The Bertz CT molecular complexity index is 428. The molecule has 0 aromatic heterocycles. The normalized spacial score (nSPS) is 19.7. The monoisotopic (exact) mass is 269 g/mol. The summed E-state index contributed by atoms with van der Waals surface area (Å²) < 4.78 is 11.0. The minimum atomic E-state index is 0.306. The molecule has 1 atom stereocenters. The zero-order chi connectivity index (χ0) is 13.1. The highest BCUT2D eigenvalue weighted by molar-refractivity contribution is 6.31. The van der Waals surface area contributed by atoms with Crippen LogP contribution in [0.5, 0.6) is 11.5 Å². The van der Waals surface area contributed by atoms with Crippen molar-refractivity contribution in [3.05, 3.63) is 22.2 Å². The summed E-state index contributed by atoms with van der Waals surface area (Å²) in [4.78, 5) is 0. The fourth-order valence-electron chi connectivity index (χ4n) is 2.55. The Morgan fingerprint density at radius 1 is 1.22 bits per heavy atom. The number of ether oxygens (including phenoxy) is 2.